The molecule has 0 aliphatic rings. The second-order valence-electron chi connectivity index (χ2n) is 3.88. The highest BCUT2D eigenvalue weighted by atomic mass is 32.2. The average Bonchev–Trinajstić information content (AvgIpc) is 2.38. The maximum absolute atomic E-state index is 12.6. The third-order valence-corrected chi connectivity index (χ3v) is 3.44. The summed E-state index contributed by atoms with van der Waals surface area (Å²) >= 11 is 1.12. The van der Waals surface area contributed by atoms with Crippen LogP contribution in [0.25, 0.3) is 0 Å². The van der Waals surface area contributed by atoms with Gasteiger partial charge in [0.1, 0.15) is 0 Å². The molecule has 2 aromatic rings. The molecule has 104 valence electrons. The molecule has 0 unspecified atom stereocenters. The van der Waals surface area contributed by atoms with Crippen LogP contribution < -0.4 is 0 Å². The van der Waals surface area contributed by atoms with Gasteiger partial charge in [0.05, 0.1) is 10.5 Å². The predicted molar refractivity (Wildman–Crippen MR) is 68.7 cm³/mol. The van der Waals surface area contributed by atoms with Crippen molar-refractivity contribution in [1.82, 2.24) is 0 Å². The molecule has 0 aliphatic heterocycles. The first-order chi connectivity index (χ1) is 9.36. The minimum Gasteiger partial charge on any atom is -0.258 e. The zero-order valence-electron chi connectivity index (χ0n) is 9.92. The van der Waals surface area contributed by atoms with Gasteiger partial charge in [0.25, 0.3) is 5.69 Å². The van der Waals surface area contributed by atoms with Crippen LogP contribution in [0.4, 0.5) is 18.9 Å². The Morgan fingerprint density at radius 3 is 2.20 bits per heavy atom. The molecule has 2 rings (SSSR count). The number of hydrogen-bond donors (Lipinski definition) is 0. The van der Waals surface area contributed by atoms with Gasteiger partial charge in [-0.2, -0.15) is 13.2 Å². The predicted octanol–water partition coefficient (Wildman–Crippen LogP) is 4.76. The van der Waals surface area contributed by atoms with Crippen molar-refractivity contribution in [1.29, 1.82) is 0 Å². The summed E-state index contributed by atoms with van der Waals surface area (Å²) in [7, 11) is 0. The van der Waals surface area contributed by atoms with Gasteiger partial charge in [0.2, 0.25) is 0 Å². The topological polar surface area (TPSA) is 43.1 Å². The van der Waals surface area contributed by atoms with Crippen LogP contribution in [0.15, 0.2) is 58.3 Å². The molecule has 0 bridgehead atoms. The SMILES string of the molecule is O=[N+]([O-])c1ccc(Sc2cccc(C(F)(F)F)c2)cc1. The van der Waals surface area contributed by atoms with Crippen LogP contribution in [0.1, 0.15) is 5.56 Å². The van der Waals surface area contributed by atoms with Gasteiger partial charge < -0.3 is 0 Å². The molecule has 0 aromatic heterocycles. The molecule has 0 saturated heterocycles. The Kier molecular flexibility index (Phi) is 3.99. The molecule has 0 radical (unpaired) electrons. The van der Waals surface area contributed by atoms with Crippen molar-refractivity contribution in [3.05, 3.63) is 64.2 Å². The first-order valence-corrected chi connectivity index (χ1v) is 6.27. The Labute approximate surface area is 116 Å². The van der Waals surface area contributed by atoms with Gasteiger partial charge in [-0.3, -0.25) is 10.1 Å². The summed E-state index contributed by atoms with van der Waals surface area (Å²) in [5, 5.41) is 10.5. The maximum Gasteiger partial charge on any atom is 0.416 e. The molecule has 0 atom stereocenters. The molecule has 0 saturated carbocycles. The van der Waals surface area contributed by atoms with E-state index in [2.05, 4.69) is 0 Å². The second kappa shape index (κ2) is 5.54. The van der Waals surface area contributed by atoms with E-state index in [9.17, 15) is 23.3 Å². The van der Waals surface area contributed by atoms with Crippen LogP contribution in [0.5, 0.6) is 0 Å². The van der Waals surface area contributed by atoms with Gasteiger partial charge in [-0.05, 0) is 30.3 Å². The summed E-state index contributed by atoms with van der Waals surface area (Å²) < 4.78 is 37.7. The number of alkyl halides is 3. The Morgan fingerprint density at radius 1 is 1.00 bits per heavy atom. The quantitative estimate of drug-likeness (QED) is 0.606. The van der Waals surface area contributed by atoms with E-state index in [4.69, 9.17) is 0 Å². The second-order valence-corrected chi connectivity index (χ2v) is 5.03. The van der Waals surface area contributed by atoms with Crippen molar-refractivity contribution >= 4 is 17.4 Å². The monoisotopic (exact) mass is 299 g/mol. The van der Waals surface area contributed by atoms with Gasteiger partial charge in [-0.1, -0.05) is 17.8 Å². The van der Waals surface area contributed by atoms with Crippen molar-refractivity contribution in [2.75, 3.05) is 0 Å². The molecule has 7 heteroatoms. The van der Waals surface area contributed by atoms with Crippen LogP contribution in [-0.4, -0.2) is 4.92 Å². The molecule has 0 fully saturated rings. The minimum absolute atomic E-state index is 0.0570. The van der Waals surface area contributed by atoms with Crippen LogP contribution in [-0.2, 0) is 6.18 Å². The summed E-state index contributed by atoms with van der Waals surface area (Å²) in [5.41, 5.74) is -0.775. The lowest BCUT2D eigenvalue weighted by molar-refractivity contribution is -0.384. The molecule has 0 aliphatic carbocycles. The highest BCUT2D eigenvalue weighted by Crippen LogP contribution is 2.34. The van der Waals surface area contributed by atoms with Crippen molar-refractivity contribution in [3.8, 4) is 0 Å². The molecule has 0 N–H and O–H groups in total. The minimum atomic E-state index is -4.38. The fourth-order valence-electron chi connectivity index (χ4n) is 1.51. The van der Waals surface area contributed by atoms with Gasteiger partial charge in [-0.15, -0.1) is 0 Å². The number of non-ortho nitro benzene ring substituents is 1. The Balaban J connectivity index is 2.20. The Bertz CT molecular complexity index is 626. The van der Waals surface area contributed by atoms with E-state index in [0.717, 1.165) is 23.9 Å². The Morgan fingerprint density at radius 2 is 1.65 bits per heavy atom. The van der Waals surface area contributed by atoms with E-state index < -0.39 is 16.7 Å². The molecule has 3 nitrogen and oxygen atoms in total. The average molecular weight is 299 g/mol. The van der Waals surface area contributed by atoms with E-state index in [1.807, 2.05) is 0 Å². The third kappa shape index (κ3) is 3.51. The number of nitrogens with zero attached hydrogens (tertiary/aromatic N) is 1. The highest BCUT2D eigenvalue weighted by molar-refractivity contribution is 7.99. The fourth-order valence-corrected chi connectivity index (χ4v) is 2.38. The van der Waals surface area contributed by atoms with Crippen LogP contribution in [0.2, 0.25) is 0 Å². The molecular weight excluding hydrogens is 291 g/mol. The van der Waals surface area contributed by atoms with Crippen molar-refractivity contribution in [3.63, 3.8) is 0 Å². The summed E-state index contributed by atoms with van der Waals surface area (Å²) in [6.07, 6.45) is -4.38. The number of nitro groups is 1. The first-order valence-electron chi connectivity index (χ1n) is 5.46. The van der Waals surface area contributed by atoms with Gasteiger partial charge >= 0.3 is 6.18 Å². The number of halogens is 3. The number of benzene rings is 2. The zero-order valence-corrected chi connectivity index (χ0v) is 10.7. The van der Waals surface area contributed by atoms with Crippen molar-refractivity contribution < 1.29 is 18.1 Å². The number of rotatable bonds is 3. The molecule has 20 heavy (non-hydrogen) atoms. The lowest BCUT2D eigenvalue weighted by atomic mass is 10.2. The maximum atomic E-state index is 12.6. The smallest absolute Gasteiger partial charge is 0.258 e. The van der Waals surface area contributed by atoms with E-state index in [1.165, 1.54) is 30.3 Å². The first kappa shape index (κ1) is 14.4. The van der Waals surface area contributed by atoms with E-state index in [1.54, 1.807) is 6.07 Å². The van der Waals surface area contributed by atoms with Gasteiger partial charge in [0, 0.05) is 21.9 Å². The van der Waals surface area contributed by atoms with Crippen molar-refractivity contribution in [2.45, 2.75) is 16.0 Å². The molecule has 0 amide bonds. The summed E-state index contributed by atoms with van der Waals surface area (Å²) in [6.45, 7) is 0. The van der Waals surface area contributed by atoms with Gasteiger partial charge in [-0.25, -0.2) is 0 Å². The summed E-state index contributed by atoms with van der Waals surface area (Å²) in [6, 6.07) is 10.6. The number of hydrogen-bond acceptors (Lipinski definition) is 3. The van der Waals surface area contributed by atoms with E-state index in [0.29, 0.717) is 9.79 Å². The standard InChI is InChI=1S/C13H8F3NO2S/c14-13(15,16)9-2-1-3-12(8-9)20-11-6-4-10(5-7-11)17(18)19/h1-8H. The molecular formula is C13H8F3NO2S. The lowest BCUT2D eigenvalue weighted by Gasteiger charge is -2.08. The zero-order chi connectivity index (χ0) is 14.8. The van der Waals surface area contributed by atoms with Crippen molar-refractivity contribution in [2.24, 2.45) is 0 Å². The Hall–Kier alpha value is -2.02. The van der Waals surface area contributed by atoms with E-state index in [-0.39, 0.29) is 5.69 Å². The third-order valence-electron chi connectivity index (χ3n) is 2.44. The van der Waals surface area contributed by atoms with Gasteiger partial charge in [0.15, 0.2) is 0 Å². The molecule has 0 heterocycles. The molecule has 0 spiro atoms. The molecule has 2 aromatic carbocycles. The van der Waals surface area contributed by atoms with E-state index >= 15 is 0 Å². The largest absolute Gasteiger partial charge is 0.416 e. The fraction of sp³-hybridized carbons (Fsp3) is 0.0769. The summed E-state index contributed by atoms with van der Waals surface area (Å²) in [4.78, 5) is 11.0. The normalized spacial score (nSPS) is 11.3. The van der Waals surface area contributed by atoms with Crippen LogP contribution in [0.3, 0.4) is 0 Å². The highest BCUT2D eigenvalue weighted by Gasteiger charge is 2.30. The lowest BCUT2D eigenvalue weighted by Crippen LogP contribution is -2.04. The summed E-state index contributed by atoms with van der Waals surface area (Å²) in [5.74, 6) is 0. The number of nitro benzene ring substituents is 1. The van der Waals surface area contributed by atoms with Crippen LogP contribution >= 0.6 is 11.8 Å². The van der Waals surface area contributed by atoms with Crippen LogP contribution in [0, 0.1) is 10.1 Å².